The lowest BCUT2D eigenvalue weighted by molar-refractivity contribution is 0.103. The third-order valence-electron chi connectivity index (χ3n) is 2.32. The van der Waals surface area contributed by atoms with Gasteiger partial charge in [-0.25, -0.2) is 4.98 Å². The van der Waals surface area contributed by atoms with Gasteiger partial charge in [-0.3, -0.25) is 4.79 Å². The van der Waals surface area contributed by atoms with Gasteiger partial charge in [-0.1, -0.05) is 35.3 Å². The van der Waals surface area contributed by atoms with Crippen molar-refractivity contribution in [3.05, 3.63) is 63.4 Å². The molecule has 17 heavy (non-hydrogen) atoms. The number of hydrogen-bond acceptors (Lipinski definition) is 2. The van der Waals surface area contributed by atoms with Crippen LogP contribution in [0.15, 0.2) is 36.4 Å². The number of carbonyl (C=O) groups is 1. The Morgan fingerprint density at radius 2 is 1.82 bits per heavy atom. The first-order valence-corrected chi connectivity index (χ1v) is 5.77. The zero-order valence-corrected chi connectivity index (χ0v) is 10.6. The molecule has 0 amide bonds. The Labute approximate surface area is 109 Å². The molecule has 1 aromatic heterocycles. The molecular formula is C13H9Cl2NO. The molecule has 0 bridgehead atoms. The predicted molar refractivity (Wildman–Crippen MR) is 68.9 cm³/mol. The molecule has 1 heterocycles. The second-order valence-corrected chi connectivity index (χ2v) is 4.38. The number of halogens is 2. The topological polar surface area (TPSA) is 30.0 Å². The molecule has 2 nitrogen and oxygen atoms in total. The lowest BCUT2D eigenvalue weighted by Crippen LogP contribution is -2.05. The third kappa shape index (κ3) is 2.48. The highest BCUT2D eigenvalue weighted by molar-refractivity contribution is 6.44. The minimum absolute atomic E-state index is 0.221. The molecule has 0 aliphatic heterocycles. The van der Waals surface area contributed by atoms with Gasteiger partial charge in [0.15, 0.2) is 0 Å². The molecule has 0 atom stereocenters. The van der Waals surface area contributed by atoms with Crippen LogP contribution in [0.2, 0.25) is 10.0 Å². The SMILES string of the molecule is Cc1cccc(C(=O)c2cccc(Cl)c2Cl)n1. The van der Waals surface area contributed by atoms with Crippen molar-refractivity contribution in [2.75, 3.05) is 0 Å². The quantitative estimate of drug-likeness (QED) is 0.771. The maximum absolute atomic E-state index is 12.2. The van der Waals surface area contributed by atoms with Crippen molar-refractivity contribution in [1.82, 2.24) is 4.98 Å². The van der Waals surface area contributed by atoms with Gasteiger partial charge in [0.1, 0.15) is 5.69 Å². The number of rotatable bonds is 2. The Balaban J connectivity index is 2.48. The van der Waals surface area contributed by atoms with Gasteiger partial charge in [-0.15, -0.1) is 0 Å². The molecular weight excluding hydrogens is 257 g/mol. The fourth-order valence-corrected chi connectivity index (χ4v) is 1.87. The van der Waals surface area contributed by atoms with Crippen molar-refractivity contribution >= 4 is 29.0 Å². The Kier molecular flexibility index (Phi) is 3.46. The number of ketones is 1. The number of benzene rings is 1. The second-order valence-electron chi connectivity index (χ2n) is 3.59. The van der Waals surface area contributed by atoms with Gasteiger partial charge >= 0.3 is 0 Å². The van der Waals surface area contributed by atoms with Crippen LogP contribution in [0.1, 0.15) is 21.7 Å². The maximum atomic E-state index is 12.2. The monoisotopic (exact) mass is 265 g/mol. The van der Waals surface area contributed by atoms with Crippen molar-refractivity contribution in [2.45, 2.75) is 6.92 Å². The van der Waals surface area contributed by atoms with Crippen LogP contribution in [0.5, 0.6) is 0 Å². The van der Waals surface area contributed by atoms with Crippen LogP contribution in [-0.2, 0) is 0 Å². The van der Waals surface area contributed by atoms with E-state index in [0.29, 0.717) is 16.3 Å². The summed E-state index contributed by atoms with van der Waals surface area (Å²) in [5, 5.41) is 0.632. The van der Waals surface area contributed by atoms with Crippen LogP contribution < -0.4 is 0 Å². The highest BCUT2D eigenvalue weighted by atomic mass is 35.5. The minimum Gasteiger partial charge on any atom is -0.287 e. The molecule has 0 saturated carbocycles. The van der Waals surface area contributed by atoms with E-state index < -0.39 is 0 Å². The summed E-state index contributed by atoms with van der Waals surface area (Å²) in [5.41, 5.74) is 1.53. The highest BCUT2D eigenvalue weighted by Gasteiger charge is 2.15. The number of aromatic nitrogens is 1. The van der Waals surface area contributed by atoms with Crippen LogP contribution in [0.4, 0.5) is 0 Å². The molecule has 4 heteroatoms. The standard InChI is InChI=1S/C13H9Cl2NO/c1-8-4-2-7-11(16-8)13(17)9-5-3-6-10(14)12(9)15/h2-7H,1H3. The van der Waals surface area contributed by atoms with Gasteiger partial charge in [0.05, 0.1) is 10.0 Å². The molecule has 0 saturated heterocycles. The van der Waals surface area contributed by atoms with Crippen LogP contribution >= 0.6 is 23.2 Å². The van der Waals surface area contributed by atoms with Crippen LogP contribution in [0.25, 0.3) is 0 Å². The van der Waals surface area contributed by atoms with Crippen molar-refractivity contribution in [1.29, 1.82) is 0 Å². The smallest absolute Gasteiger partial charge is 0.212 e. The summed E-state index contributed by atoms with van der Waals surface area (Å²) in [5.74, 6) is -0.221. The molecule has 0 N–H and O–H groups in total. The lowest BCUT2D eigenvalue weighted by atomic mass is 10.1. The molecule has 0 aliphatic carbocycles. The summed E-state index contributed by atoms with van der Waals surface area (Å²) in [6, 6.07) is 10.2. The van der Waals surface area contributed by atoms with Gasteiger partial charge in [-0.2, -0.15) is 0 Å². The maximum Gasteiger partial charge on any atom is 0.212 e. The van der Waals surface area contributed by atoms with E-state index in [1.54, 1.807) is 30.3 Å². The zero-order valence-electron chi connectivity index (χ0n) is 9.08. The minimum atomic E-state index is -0.221. The Hall–Kier alpha value is -1.38. The van der Waals surface area contributed by atoms with Gasteiger partial charge in [0.25, 0.3) is 0 Å². The summed E-state index contributed by atoms with van der Waals surface area (Å²) < 4.78 is 0. The van der Waals surface area contributed by atoms with Crippen LogP contribution in [0.3, 0.4) is 0 Å². The van der Waals surface area contributed by atoms with E-state index >= 15 is 0 Å². The van der Waals surface area contributed by atoms with Crippen molar-refractivity contribution in [3.63, 3.8) is 0 Å². The first-order valence-electron chi connectivity index (χ1n) is 5.02. The third-order valence-corrected chi connectivity index (χ3v) is 3.14. The molecule has 2 aromatic rings. The molecule has 86 valence electrons. The average Bonchev–Trinajstić information content (AvgIpc) is 2.32. The molecule has 0 aliphatic rings. The predicted octanol–water partition coefficient (Wildman–Crippen LogP) is 3.93. The fraction of sp³-hybridized carbons (Fsp3) is 0.0769. The number of pyridine rings is 1. The molecule has 0 fully saturated rings. The van der Waals surface area contributed by atoms with Crippen molar-refractivity contribution in [2.24, 2.45) is 0 Å². The lowest BCUT2D eigenvalue weighted by Gasteiger charge is -2.04. The van der Waals surface area contributed by atoms with E-state index in [4.69, 9.17) is 23.2 Å². The molecule has 2 rings (SSSR count). The van der Waals surface area contributed by atoms with Crippen molar-refractivity contribution in [3.8, 4) is 0 Å². The number of aryl methyl sites for hydroxylation is 1. The number of carbonyl (C=O) groups excluding carboxylic acids is 1. The Morgan fingerprint density at radius 3 is 2.53 bits per heavy atom. The van der Waals surface area contributed by atoms with Crippen LogP contribution in [-0.4, -0.2) is 10.8 Å². The highest BCUT2D eigenvalue weighted by Crippen LogP contribution is 2.26. The molecule has 1 aromatic carbocycles. The largest absolute Gasteiger partial charge is 0.287 e. The van der Waals surface area contributed by atoms with E-state index in [1.165, 1.54) is 0 Å². The second kappa shape index (κ2) is 4.86. The number of hydrogen-bond donors (Lipinski definition) is 0. The molecule has 0 radical (unpaired) electrons. The molecule has 0 unspecified atom stereocenters. The first-order chi connectivity index (χ1) is 8.09. The van der Waals surface area contributed by atoms with E-state index in [-0.39, 0.29) is 10.8 Å². The zero-order chi connectivity index (χ0) is 12.4. The summed E-state index contributed by atoms with van der Waals surface area (Å²) >= 11 is 11.9. The summed E-state index contributed by atoms with van der Waals surface area (Å²) in [6.07, 6.45) is 0. The average molecular weight is 266 g/mol. The molecule has 0 spiro atoms. The van der Waals surface area contributed by atoms with Gasteiger partial charge in [0, 0.05) is 11.3 Å². The van der Waals surface area contributed by atoms with Gasteiger partial charge in [0.2, 0.25) is 5.78 Å². The van der Waals surface area contributed by atoms with Crippen molar-refractivity contribution < 1.29 is 4.79 Å². The summed E-state index contributed by atoms with van der Waals surface area (Å²) in [6.45, 7) is 1.83. The normalized spacial score (nSPS) is 10.3. The van der Waals surface area contributed by atoms with Crippen LogP contribution in [0, 0.1) is 6.92 Å². The Morgan fingerprint density at radius 1 is 1.12 bits per heavy atom. The van der Waals surface area contributed by atoms with E-state index in [9.17, 15) is 4.79 Å². The van der Waals surface area contributed by atoms with E-state index in [0.717, 1.165) is 5.69 Å². The first kappa shape index (κ1) is 12.1. The van der Waals surface area contributed by atoms with Gasteiger partial charge in [-0.05, 0) is 31.2 Å². The fourth-order valence-electron chi connectivity index (χ4n) is 1.49. The van der Waals surface area contributed by atoms with Gasteiger partial charge < -0.3 is 0 Å². The number of nitrogens with zero attached hydrogens (tertiary/aromatic N) is 1. The Bertz CT molecular complexity index is 581. The van der Waals surface area contributed by atoms with E-state index in [2.05, 4.69) is 4.98 Å². The summed E-state index contributed by atoms with van der Waals surface area (Å²) in [4.78, 5) is 16.3. The van der Waals surface area contributed by atoms with E-state index in [1.807, 2.05) is 13.0 Å². The summed E-state index contributed by atoms with van der Waals surface area (Å²) in [7, 11) is 0.